The van der Waals surface area contributed by atoms with Crippen LogP contribution in [0.15, 0.2) is 71.9 Å². The first-order valence-electron chi connectivity index (χ1n) is 8.45. The Labute approximate surface area is 158 Å². The predicted octanol–water partition coefficient (Wildman–Crippen LogP) is 2.63. The largest absolute Gasteiger partial charge is 0.348 e. The second-order valence-corrected chi connectivity index (χ2v) is 7.57. The summed E-state index contributed by atoms with van der Waals surface area (Å²) < 4.78 is 28.9. The summed E-state index contributed by atoms with van der Waals surface area (Å²) in [6.07, 6.45) is 2.75. The van der Waals surface area contributed by atoms with Crippen molar-refractivity contribution >= 4 is 21.6 Å². The number of nitrogens with zero attached hydrogens (tertiary/aromatic N) is 2. The number of hydrogen-bond donors (Lipinski definition) is 2. The molecule has 1 aromatic heterocycles. The Morgan fingerprint density at radius 3 is 2.59 bits per heavy atom. The van der Waals surface area contributed by atoms with Crippen LogP contribution in [-0.2, 0) is 23.1 Å². The molecule has 0 aliphatic heterocycles. The summed E-state index contributed by atoms with van der Waals surface area (Å²) in [4.78, 5) is 12.4. The Morgan fingerprint density at radius 2 is 1.89 bits per heavy atom. The van der Waals surface area contributed by atoms with Crippen LogP contribution in [0.25, 0.3) is 0 Å². The summed E-state index contributed by atoms with van der Waals surface area (Å²) in [5.74, 6) is -0.279. The number of benzene rings is 2. The van der Waals surface area contributed by atoms with Crippen LogP contribution in [0, 0.1) is 0 Å². The minimum atomic E-state index is -3.77. The van der Waals surface area contributed by atoms with Gasteiger partial charge in [0.15, 0.2) is 0 Å². The summed E-state index contributed by atoms with van der Waals surface area (Å²) in [5.41, 5.74) is 1.66. The zero-order chi connectivity index (χ0) is 19.3. The molecule has 1 heterocycles. The molecule has 140 valence electrons. The number of amides is 1. The summed E-state index contributed by atoms with van der Waals surface area (Å²) >= 11 is 0. The van der Waals surface area contributed by atoms with E-state index in [4.69, 9.17) is 0 Å². The molecule has 7 nitrogen and oxygen atoms in total. The van der Waals surface area contributed by atoms with E-state index in [0.717, 1.165) is 5.56 Å². The van der Waals surface area contributed by atoms with Gasteiger partial charge in [0.2, 0.25) is 0 Å². The lowest BCUT2D eigenvalue weighted by Gasteiger charge is -2.09. The molecule has 0 unspecified atom stereocenters. The standard InChI is InChI=1S/C19H20N4O3S/c1-2-23-14-18(13-21-23)27(25,26)22-17-10-6-9-16(11-17)19(24)20-12-15-7-4-3-5-8-15/h3-11,13-14,22H,2,12H2,1H3,(H,20,24). The molecule has 0 spiro atoms. The first kappa shape index (κ1) is 18.7. The molecule has 3 aromatic rings. The minimum Gasteiger partial charge on any atom is -0.348 e. The predicted molar refractivity (Wildman–Crippen MR) is 103 cm³/mol. The summed E-state index contributed by atoms with van der Waals surface area (Å²) in [7, 11) is -3.77. The maximum atomic E-state index is 12.5. The van der Waals surface area contributed by atoms with Gasteiger partial charge in [-0.15, -0.1) is 0 Å². The Morgan fingerprint density at radius 1 is 1.11 bits per heavy atom. The van der Waals surface area contributed by atoms with Crippen LogP contribution in [-0.4, -0.2) is 24.1 Å². The lowest BCUT2D eigenvalue weighted by atomic mass is 10.2. The van der Waals surface area contributed by atoms with E-state index in [9.17, 15) is 13.2 Å². The molecule has 2 N–H and O–H groups in total. The fraction of sp³-hybridized carbons (Fsp3) is 0.158. The zero-order valence-corrected chi connectivity index (χ0v) is 15.6. The minimum absolute atomic E-state index is 0.0725. The number of aromatic nitrogens is 2. The lowest BCUT2D eigenvalue weighted by molar-refractivity contribution is 0.0951. The van der Waals surface area contributed by atoms with Crippen molar-refractivity contribution in [1.82, 2.24) is 15.1 Å². The number of hydrogen-bond acceptors (Lipinski definition) is 4. The number of carbonyl (C=O) groups is 1. The van der Waals surface area contributed by atoms with Gasteiger partial charge in [0.25, 0.3) is 15.9 Å². The molecule has 8 heteroatoms. The normalized spacial score (nSPS) is 11.1. The van der Waals surface area contributed by atoms with Crippen LogP contribution in [0.2, 0.25) is 0 Å². The van der Waals surface area contributed by atoms with Gasteiger partial charge < -0.3 is 5.32 Å². The smallest absolute Gasteiger partial charge is 0.265 e. The fourth-order valence-electron chi connectivity index (χ4n) is 2.47. The molecule has 2 aromatic carbocycles. The number of carbonyl (C=O) groups excluding carboxylic acids is 1. The van der Waals surface area contributed by atoms with Crippen LogP contribution < -0.4 is 10.0 Å². The van der Waals surface area contributed by atoms with E-state index in [2.05, 4.69) is 15.1 Å². The number of aryl methyl sites for hydroxylation is 1. The van der Waals surface area contributed by atoms with Crippen LogP contribution in [0.4, 0.5) is 5.69 Å². The van der Waals surface area contributed by atoms with Crippen molar-refractivity contribution in [2.24, 2.45) is 0 Å². The van der Waals surface area contributed by atoms with Gasteiger partial charge in [-0.3, -0.25) is 14.2 Å². The highest BCUT2D eigenvalue weighted by Crippen LogP contribution is 2.17. The molecule has 0 saturated heterocycles. The highest BCUT2D eigenvalue weighted by Gasteiger charge is 2.17. The lowest BCUT2D eigenvalue weighted by Crippen LogP contribution is -2.23. The third-order valence-electron chi connectivity index (χ3n) is 3.92. The van der Waals surface area contributed by atoms with Crippen molar-refractivity contribution in [1.29, 1.82) is 0 Å². The quantitative estimate of drug-likeness (QED) is 0.655. The third kappa shape index (κ3) is 4.73. The zero-order valence-electron chi connectivity index (χ0n) is 14.8. The van der Waals surface area contributed by atoms with Crippen LogP contribution in [0.3, 0.4) is 0 Å². The first-order chi connectivity index (χ1) is 13.0. The number of rotatable bonds is 7. The van der Waals surface area contributed by atoms with Crippen molar-refractivity contribution in [2.45, 2.75) is 24.9 Å². The Hall–Kier alpha value is -3.13. The average molecular weight is 384 g/mol. The van der Waals surface area contributed by atoms with E-state index in [1.165, 1.54) is 23.1 Å². The molecule has 0 bridgehead atoms. The van der Waals surface area contributed by atoms with Gasteiger partial charge in [-0.1, -0.05) is 36.4 Å². The Kier molecular flexibility index (Phi) is 5.56. The van der Waals surface area contributed by atoms with Crippen LogP contribution >= 0.6 is 0 Å². The van der Waals surface area contributed by atoms with Gasteiger partial charge in [0, 0.05) is 30.5 Å². The molecule has 0 aliphatic carbocycles. The number of anilines is 1. The Bertz CT molecular complexity index is 1030. The third-order valence-corrected chi connectivity index (χ3v) is 5.25. The molecule has 1 amide bonds. The molecule has 0 saturated carbocycles. The van der Waals surface area contributed by atoms with Crippen molar-refractivity contribution in [2.75, 3.05) is 4.72 Å². The highest BCUT2D eigenvalue weighted by atomic mass is 32.2. The number of sulfonamides is 1. The van der Waals surface area contributed by atoms with Crippen molar-refractivity contribution in [3.63, 3.8) is 0 Å². The van der Waals surface area contributed by atoms with Crippen molar-refractivity contribution < 1.29 is 13.2 Å². The van der Waals surface area contributed by atoms with Gasteiger partial charge >= 0.3 is 0 Å². The topological polar surface area (TPSA) is 93.1 Å². The molecule has 27 heavy (non-hydrogen) atoms. The highest BCUT2D eigenvalue weighted by molar-refractivity contribution is 7.92. The summed E-state index contributed by atoms with van der Waals surface area (Å²) in [5, 5.41) is 6.79. The van der Waals surface area contributed by atoms with Crippen LogP contribution in [0.1, 0.15) is 22.8 Å². The van der Waals surface area contributed by atoms with Gasteiger partial charge in [0.05, 0.1) is 6.20 Å². The van der Waals surface area contributed by atoms with E-state index in [-0.39, 0.29) is 10.8 Å². The molecular formula is C19H20N4O3S. The fourth-order valence-corrected chi connectivity index (χ4v) is 3.48. The molecule has 0 radical (unpaired) electrons. The molecule has 0 fully saturated rings. The second-order valence-electron chi connectivity index (χ2n) is 5.89. The number of nitrogens with one attached hydrogen (secondary N) is 2. The molecule has 0 aliphatic rings. The average Bonchev–Trinajstić information content (AvgIpc) is 3.17. The van der Waals surface area contributed by atoms with E-state index >= 15 is 0 Å². The molecular weight excluding hydrogens is 364 g/mol. The maximum absolute atomic E-state index is 12.5. The molecule has 3 rings (SSSR count). The molecule has 0 atom stereocenters. The summed E-state index contributed by atoms with van der Waals surface area (Å²) in [6.45, 7) is 2.84. The van der Waals surface area contributed by atoms with E-state index in [1.807, 2.05) is 37.3 Å². The second kappa shape index (κ2) is 8.05. The monoisotopic (exact) mass is 384 g/mol. The van der Waals surface area contributed by atoms with Crippen LogP contribution in [0.5, 0.6) is 0 Å². The van der Waals surface area contributed by atoms with Gasteiger partial charge in [0.1, 0.15) is 4.90 Å². The van der Waals surface area contributed by atoms with E-state index < -0.39 is 10.0 Å². The van der Waals surface area contributed by atoms with E-state index in [1.54, 1.807) is 18.2 Å². The maximum Gasteiger partial charge on any atom is 0.265 e. The summed E-state index contributed by atoms with van der Waals surface area (Å²) in [6, 6.07) is 15.9. The van der Waals surface area contributed by atoms with E-state index in [0.29, 0.717) is 24.3 Å². The first-order valence-corrected chi connectivity index (χ1v) is 9.94. The van der Waals surface area contributed by atoms with Crippen molar-refractivity contribution in [3.8, 4) is 0 Å². The SMILES string of the molecule is CCn1cc(S(=O)(=O)Nc2cccc(C(=O)NCc3ccccc3)c2)cn1. The van der Waals surface area contributed by atoms with Gasteiger partial charge in [-0.25, -0.2) is 8.42 Å². The van der Waals surface area contributed by atoms with Crippen molar-refractivity contribution in [3.05, 3.63) is 78.1 Å². The Balaban J connectivity index is 1.70. The van der Waals surface area contributed by atoms with Gasteiger partial charge in [-0.2, -0.15) is 5.10 Å². The van der Waals surface area contributed by atoms with Gasteiger partial charge in [-0.05, 0) is 30.7 Å².